The summed E-state index contributed by atoms with van der Waals surface area (Å²) < 4.78 is 43.0. The van der Waals surface area contributed by atoms with Crippen LogP contribution < -0.4 is 0 Å². The zero-order valence-corrected chi connectivity index (χ0v) is 12.7. The van der Waals surface area contributed by atoms with E-state index in [2.05, 4.69) is 0 Å². The summed E-state index contributed by atoms with van der Waals surface area (Å²) >= 11 is 0. The van der Waals surface area contributed by atoms with Crippen LogP contribution in [0.2, 0.25) is 0 Å². The van der Waals surface area contributed by atoms with Crippen LogP contribution in [0.25, 0.3) is 0 Å². The van der Waals surface area contributed by atoms with Crippen molar-refractivity contribution < 1.29 is 17.0 Å². The van der Waals surface area contributed by atoms with Crippen molar-refractivity contribution in [2.24, 2.45) is 0 Å². The van der Waals surface area contributed by atoms with Gasteiger partial charge in [0.25, 0.3) is 10.1 Å². The molecule has 0 amide bonds. The third kappa shape index (κ3) is 3.89. The van der Waals surface area contributed by atoms with Crippen LogP contribution in [0, 0.1) is 12.7 Å². The minimum atomic E-state index is -3.87. The van der Waals surface area contributed by atoms with E-state index in [9.17, 15) is 12.8 Å². The van der Waals surface area contributed by atoms with Gasteiger partial charge in [0.2, 0.25) is 0 Å². The van der Waals surface area contributed by atoms with E-state index in [1.54, 1.807) is 25.1 Å². The predicted octanol–water partition coefficient (Wildman–Crippen LogP) is 3.99. The van der Waals surface area contributed by atoms with Crippen molar-refractivity contribution in [3.8, 4) is 0 Å². The summed E-state index contributed by atoms with van der Waals surface area (Å²) in [7, 11) is -3.87. The van der Waals surface area contributed by atoms with Crippen LogP contribution in [0.1, 0.15) is 30.6 Å². The summed E-state index contributed by atoms with van der Waals surface area (Å²) in [6.45, 7) is 3.67. The van der Waals surface area contributed by atoms with Gasteiger partial charge < -0.3 is 0 Å². The molecule has 3 nitrogen and oxygen atoms in total. The van der Waals surface area contributed by atoms with Gasteiger partial charge in [-0.05, 0) is 43.2 Å². The molecular weight excluding hydrogens is 291 g/mol. The zero-order valence-electron chi connectivity index (χ0n) is 11.9. The van der Waals surface area contributed by atoms with E-state index in [1.165, 1.54) is 30.3 Å². The molecule has 2 aromatic carbocycles. The summed E-state index contributed by atoms with van der Waals surface area (Å²) in [5.41, 5.74) is 1.47. The first kappa shape index (κ1) is 15.7. The average molecular weight is 308 g/mol. The fourth-order valence-electron chi connectivity index (χ4n) is 1.98. The normalized spacial score (nSPS) is 13.1. The lowest BCUT2D eigenvalue weighted by Gasteiger charge is -2.16. The lowest BCUT2D eigenvalue weighted by molar-refractivity contribution is 0.208. The predicted molar refractivity (Wildman–Crippen MR) is 78.9 cm³/mol. The summed E-state index contributed by atoms with van der Waals surface area (Å²) in [4.78, 5) is 0.1000. The van der Waals surface area contributed by atoms with Gasteiger partial charge >= 0.3 is 0 Å². The number of halogens is 1. The number of rotatable bonds is 5. The maximum absolute atomic E-state index is 13.3. The van der Waals surface area contributed by atoms with Gasteiger partial charge in [-0.15, -0.1) is 0 Å². The highest BCUT2D eigenvalue weighted by Crippen LogP contribution is 2.27. The average Bonchev–Trinajstić information content (AvgIpc) is 2.45. The minimum absolute atomic E-state index is 0.1000. The van der Waals surface area contributed by atoms with Crippen LogP contribution >= 0.6 is 0 Å². The van der Waals surface area contributed by atoms with Gasteiger partial charge in [-0.2, -0.15) is 8.42 Å². The molecule has 0 radical (unpaired) electrons. The Bertz CT molecular complexity index is 709. The number of aryl methyl sites for hydroxylation is 1. The number of hydrogen-bond donors (Lipinski definition) is 0. The van der Waals surface area contributed by atoms with Crippen LogP contribution in [0.5, 0.6) is 0 Å². The van der Waals surface area contributed by atoms with Gasteiger partial charge in [0, 0.05) is 0 Å². The van der Waals surface area contributed by atoms with Gasteiger partial charge in [-0.1, -0.05) is 36.8 Å². The third-order valence-electron chi connectivity index (χ3n) is 3.14. The van der Waals surface area contributed by atoms with Crippen LogP contribution in [-0.4, -0.2) is 8.42 Å². The summed E-state index contributed by atoms with van der Waals surface area (Å²) in [6.07, 6.45) is -0.277. The van der Waals surface area contributed by atoms with E-state index in [0.717, 1.165) is 5.56 Å². The van der Waals surface area contributed by atoms with Gasteiger partial charge in [-0.3, -0.25) is 4.18 Å². The molecule has 0 N–H and O–H groups in total. The van der Waals surface area contributed by atoms with Crippen molar-refractivity contribution in [2.75, 3.05) is 0 Å². The summed E-state index contributed by atoms with van der Waals surface area (Å²) in [5, 5.41) is 0. The van der Waals surface area contributed by atoms with Crippen molar-refractivity contribution in [3.05, 3.63) is 65.5 Å². The molecule has 5 heteroatoms. The van der Waals surface area contributed by atoms with Crippen molar-refractivity contribution in [1.82, 2.24) is 0 Å². The van der Waals surface area contributed by atoms with E-state index in [1.807, 2.05) is 6.92 Å². The second-order valence-corrected chi connectivity index (χ2v) is 6.39. The van der Waals surface area contributed by atoms with Crippen molar-refractivity contribution in [1.29, 1.82) is 0 Å². The molecule has 1 unspecified atom stereocenters. The topological polar surface area (TPSA) is 43.4 Å². The highest BCUT2D eigenvalue weighted by Gasteiger charge is 2.22. The Morgan fingerprint density at radius 2 is 1.81 bits per heavy atom. The molecule has 0 saturated carbocycles. The molecule has 0 aromatic heterocycles. The van der Waals surface area contributed by atoms with Crippen molar-refractivity contribution in [3.63, 3.8) is 0 Å². The second kappa shape index (κ2) is 6.37. The Morgan fingerprint density at radius 1 is 1.14 bits per heavy atom. The van der Waals surface area contributed by atoms with Crippen LogP contribution in [0.15, 0.2) is 53.4 Å². The van der Waals surface area contributed by atoms with Crippen molar-refractivity contribution >= 4 is 10.1 Å². The zero-order chi connectivity index (χ0) is 15.5. The van der Waals surface area contributed by atoms with Gasteiger partial charge in [-0.25, -0.2) is 4.39 Å². The Hall–Kier alpha value is -1.72. The maximum Gasteiger partial charge on any atom is 0.297 e. The van der Waals surface area contributed by atoms with Gasteiger partial charge in [0.1, 0.15) is 11.9 Å². The van der Waals surface area contributed by atoms with E-state index in [0.29, 0.717) is 12.0 Å². The van der Waals surface area contributed by atoms with Gasteiger partial charge in [0.05, 0.1) is 4.90 Å². The molecule has 0 fully saturated rings. The molecule has 0 aliphatic carbocycles. The molecule has 0 saturated heterocycles. The maximum atomic E-state index is 13.3. The monoisotopic (exact) mass is 308 g/mol. The second-order valence-electron chi connectivity index (χ2n) is 4.82. The fraction of sp³-hybridized carbons (Fsp3) is 0.250. The molecule has 0 spiro atoms. The first-order chi connectivity index (χ1) is 9.92. The quantitative estimate of drug-likeness (QED) is 0.784. The molecule has 21 heavy (non-hydrogen) atoms. The molecule has 2 aromatic rings. The smallest absolute Gasteiger partial charge is 0.258 e. The fourth-order valence-corrected chi connectivity index (χ4v) is 3.11. The summed E-state index contributed by atoms with van der Waals surface area (Å²) in [5.74, 6) is -0.415. The molecular formula is C16H17FO3S. The standard InChI is InChI=1S/C16H17FO3S/c1-3-16(13-5-4-6-14(17)11-13)20-21(18,19)15-9-7-12(2)8-10-15/h4-11,16H,3H2,1-2H3. The van der Waals surface area contributed by atoms with Crippen LogP contribution in [0.4, 0.5) is 4.39 Å². The minimum Gasteiger partial charge on any atom is -0.258 e. The Kier molecular flexibility index (Phi) is 4.75. The van der Waals surface area contributed by atoms with Gasteiger partial charge in [0.15, 0.2) is 0 Å². The van der Waals surface area contributed by atoms with Crippen molar-refractivity contribution in [2.45, 2.75) is 31.3 Å². The number of hydrogen-bond acceptors (Lipinski definition) is 3. The highest BCUT2D eigenvalue weighted by molar-refractivity contribution is 7.86. The first-order valence-corrected chi connectivity index (χ1v) is 8.08. The molecule has 0 aliphatic rings. The number of benzene rings is 2. The molecule has 1 atom stereocenters. The first-order valence-electron chi connectivity index (χ1n) is 6.68. The van der Waals surface area contributed by atoms with E-state index in [4.69, 9.17) is 4.18 Å². The SMILES string of the molecule is CCC(OS(=O)(=O)c1ccc(C)cc1)c1cccc(F)c1. The highest BCUT2D eigenvalue weighted by atomic mass is 32.2. The van der Waals surface area contributed by atoms with E-state index in [-0.39, 0.29) is 4.90 Å². The molecule has 2 rings (SSSR count). The summed E-state index contributed by atoms with van der Waals surface area (Å²) in [6, 6.07) is 12.2. The lowest BCUT2D eigenvalue weighted by atomic mass is 10.1. The Labute approximate surface area is 124 Å². The van der Waals surface area contributed by atoms with E-state index < -0.39 is 22.0 Å². The lowest BCUT2D eigenvalue weighted by Crippen LogP contribution is -2.12. The van der Waals surface area contributed by atoms with Crippen LogP contribution in [0.3, 0.4) is 0 Å². The Balaban J connectivity index is 2.27. The molecule has 0 bridgehead atoms. The largest absolute Gasteiger partial charge is 0.297 e. The van der Waals surface area contributed by atoms with E-state index >= 15 is 0 Å². The molecule has 0 heterocycles. The van der Waals surface area contributed by atoms with Crippen LogP contribution in [-0.2, 0) is 14.3 Å². The molecule has 112 valence electrons. The Morgan fingerprint density at radius 3 is 2.38 bits per heavy atom. The third-order valence-corrected chi connectivity index (χ3v) is 4.48. The molecule has 0 aliphatic heterocycles.